The minimum Gasteiger partial charge on any atom is -0.473 e. The topological polar surface area (TPSA) is 98.1 Å². The first-order valence-corrected chi connectivity index (χ1v) is 17.8. The van der Waals surface area contributed by atoms with Crippen LogP contribution in [0.15, 0.2) is 73.1 Å². The Morgan fingerprint density at radius 2 is 1.69 bits per heavy atom. The molecule has 2 fully saturated rings. The third-order valence-electron chi connectivity index (χ3n) is 9.61. The van der Waals surface area contributed by atoms with Crippen molar-refractivity contribution < 1.29 is 14.3 Å². The zero-order valence-electron chi connectivity index (χ0n) is 28.3. The number of aryl methyl sites for hydroxylation is 1. The van der Waals surface area contributed by atoms with E-state index in [1.807, 2.05) is 70.2 Å². The number of aromatic nitrogens is 3. The van der Waals surface area contributed by atoms with Crippen LogP contribution >= 0.6 is 11.6 Å². The normalized spacial score (nSPS) is 17.4. The molecule has 0 bridgehead atoms. The average molecular weight is 668 g/mol. The Balaban J connectivity index is 0.00000197. The lowest BCUT2D eigenvalue weighted by Gasteiger charge is -2.28. The van der Waals surface area contributed by atoms with Crippen LogP contribution < -0.4 is 15.4 Å². The molecule has 0 radical (unpaired) electrons. The lowest BCUT2D eigenvalue weighted by atomic mass is 9.88. The molecule has 2 atom stereocenters. The van der Waals surface area contributed by atoms with E-state index in [0.29, 0.717) is 35.0 Å². The summed E-state index contributed by atoms with van der Waals surface area (Å²) >= 11 is 6.42. The molecule has 9 heteroatoms. The van der Waals surface area contributed by atoms with E-state index in [1.54, 1.807) is 23.1 Å². The number of nitrogens with zero attached hydrogens (tertiary/aromatic N) is 3. The summed E-state index contributed by atoms with van der Waals surface area (Å²) < 4.78 is 7.90. The number of pyridine rings is 1. The van der Waals surface area contributed by atoms with E-state index >= 15 is 0 Å². The van der Waals surface area contributed by atoms with Crippen molar-refractivity contribution >= 4 is 29.1 Å². The Bertz CT molecular complexity index is 1720. The lowest BCUT2D eigenvalue weighted by molar-refractivity contribution is -0.119. The molecular weight excluding hydrogens is 622 g/mol. The molecule has 0 saturated heterocycles. The van der Waals surface area contributed by atoms with Crippen LogP contribution in [0.5, 0.6) is 5.88 Å². The largest absolute Gasteiger partial charge is 0.473 e. The fourth-order valence-corrected chi connectivity index (χ4v) is 7.29. The number of anilines is 1. The Labute approximate surface area is 288 Å². The van der Waals surface area contributed by atoms with Gasteiger partial charge in [0.15, 0.2) is 0 Å². The molecule has 2 unspecified atom stereocenters. The van der Waals surface area contributed by atoms with Crippen LogP contribution in [-0.4, -0.2) is 32.6 Å². The molecular formula is C39H46ClN5O3. The Morgan fingerprint density at radius 3 is 2.38 bits per heavy atom. The van der Waals surface area contributed by atoms with Crippen molar-refractivity contribution in [3.63, 3.8) is 0 Å². The van der Waals surface area contributed by atoms with Gasteiger partial charge in [-0.25, -0.2) is 4.98 Å². The molecule has 48 heavy (non-hydrogen) atoms. The zero-order chi connectivity index (χ0) is 33.8. The van der Waals surface area contributed by atoms with Crippen LogP contribution in [0.1, 0.15) is 105 Å². The van der Waals surface area contributed by atoms with Crippen LogP contribution in [0.2, 0.25) is 5.02 Å². The predicted molar refractivity (Wildman–Crippen MR) is 189 cm³/mol. The number of fused-ring (bicyclic) bond motifs is 1. The molecule has 2 aromatic heterocycles. The third kappa shape index (κ3) is 7.59. The van der Waals surface area contributed by atoms with Crippen LogP contribution in [0.3, 0.4) is 0 Å². The second-order valence-electron chi connectivity index (χ2n) is 13.3. The Kier molecular flexibility index (Phi) is 10.5. The highest BCUT2D eigenvalue weighted by Gasteiger charge is 2.48. The number of halogens is 1. The van der Waals surface area contributed by atoms with Gasteiger partial charge in [-0.15, -0.1) is 0 Å². The molecule has 2 aromatic carbocycles. The first kappa shape index (κ1) is 33.7. The third-order valence-corrected chi connectivity index (χ3v) is 9.81. The number of rotatable bonds is 12. The van der Waals surface area contributed by atoms with Gasteiger partial charge in [0.05, 0.1) is 5.02 Å². The highest BCUT2D eigenvalue weighted by atomic mass is 35.5. The zero-order valence-corrected chi connectivity index (χ0v) is 29.0. The molecule has 0 spiro atoms. The second kappa shape index (κ2) is 14.9. The van der Waals surface area contributed by atoms with E-state index in [4.69, 9.17) is 16.3 Å². The fraction of sp³-hybridized carbons (Fsp3) is 0.436. The van der Waals surface area contributed by atoms with Gasteiger partial charge in [-0.3, -0.25) is 14.3 Å². The van der Waals surface area contributed by atoms with Crippen LogP contribution in [0.25, 0.3) is 0 Å². The lowest BCUT2D eigenvalue weighted by Crippen LogP contribution is -2.50. The van der Waals surface area contributed by atoms with Crippen molar-refractivity contribution in [3.8, 4) is 5.88 Å². The summed E-state index contributed by atoms with van der Waals surface area (Å²) in [5.74, 6) is 1.36. The van der Waals surface area contributed by atoms with Crippen LogP contribution in [0.4, 0.5) is 5.69 Å². The van der Waals surface area contributed by atoms with Gasteiger partial charge in [0.25, 0.3) is 5.91 Å². The number of hydrogen-bond acceptors (Lipinski definition) is 5. The summed E-state index contributed by atoms with van der Waals surface area (Å²) in [5, 5.41) is 11.2. The van der Waals surface area contributed by atoms with E-state index in [-0.39, 0.29) is 29.7 Å². The van der Waals surface area contributed by atoms with Crippen molar-refractivity contribution in [2.75, 3.05) is 5.32 Å². The van der Waals surface area contributed by atoms with Gasteiger partial charge in [0, 0.05) is 35.6 Å². The van der Waals surface area contributed by atoms with Crippen LogP contribution in [-0.2, 0) is 17.8 Å². The number of carbonyl (C=O) groups excluding carboxylic acids is 2. The molecule has 2 N–H and O–H groups in total. The van der Waals surface area contributed by atoms with Gasteiger partial charge in [0.1, 0.15) is 18.3 Å². The maximum atomic E-state index is 14.0. The minimum absolute atomic E-state index is 0.0372. The van der Waals surface area contributed by atoms with Gasteiger partial charge in [-0.05, 0) is 111 Å². The van der Waals surface area contributed by atoms with Gasteiger partial charge >= 0.3 is 0 Å². The summed E-state index contributed by atoms with van der Waals surface area (Å²) in [6, 6.07) is 19.3. The van der Waals surface area contributed by atoms with Gasteiger partial charge in [-0.1, -0.05) is 61.8 Å². The molecule has 7 rings (SSSR count). The Hall–Kier alpha value is -4.17. The molecule has 0 aliphatic heterocycles. The molecule has 2 heterocycles. The smallest absolute Gasteiger partial charge is 0.270 e. The summed E-state index contributed by atoms with van der Waals surface area (Å²) in [5.41, 5.74) is 5.63. The second-order valence-corrected chi connectivity index (χ2v) is 13.7. The molecule has 2 amide bonds. The number of ether oxygens (including phenoxy) is 1. The predicted octanol–water partition coefficient (Wildman–Crippen LogP) is 8.37. The molecule has 3 aliphatic carbocycles. The average Bonchev–Trinajstić information content (AvgIpc) is 4.03. The number of hydrogen-bond donors (Lipinski definition) is 2. The number of benzene rings is 2. The number of nitrogens with one attached hydrogen (secondary N) is 2. The maximum absolute atomic E-state index is 14.0. The van der Waals surface area contributed by atoms with E-state index in [1.165, 1.54) is 11.1 Å². The fourth-order valence-electron chi connectivity index (χ4n) is 7.13. The van der Waals surface area contributed by atoms with Gasteiger partial charge in [0.2, 0.25) is 11.8 Å². The van der Waals surface area contributed by atoms with Crippen molar-refractivity contribution in [2.45, 2.75) is 90.8 Å². The van der Waals surface area contributed by atoms with Gasteiger partial charge < -0.3 is 15.4 Å². The summed E-state index contributed by atoms with van der Waals surface area (Å²) in [4.78, 5) is 32.1. The molecule has 2 saturated carbocycles. The van der Waals surface area contributed by atoms with E-state index in [9.17, 15) is 9.59 Å². The molecule has 3 aliphatic rings. The minimum atomic E-state index is -0.606. The summed E-state index contributed by atoms with van der Waals surface area (Å²) in [6.45, 7) is 8.41. The van der Waals surface area contributed by atoms with E-state index in [0.717, 1.165) is 55.3 Å². The van der Waals surface area contributed by atoms with Crippen molar-refractivity contribution in [1.29, 1.82) is 0 Å². The quantitative estimate of drug-likeness (QED) is 0.158. The van der Waals surface area contributed by atoms with E-state index < -0.39 is 6.04 Å². The highest BCUT2D eigenvalue weighted by molar-refractivity contribution is 6.30. The van der Waals surface area contributed by atoms with Gasteiger partial charge in [-0.2, -0.15) is 5.10 Å². The molecule has 252 valence electrons. The molecule has 8 nitrogen and oxygen atoms in total. The molecule has 4 aromatic rings. The first-order chi connectivity index (χ1) is 23.4. The van der Waals surface area contributed by atoms with Crippen molar-refractivity contribution in [1.82, 2.24) is 20.1 Å². The summed E-state index contributed by atoms with van der Waals surface area (Å²) in [6.07, 6.45) is 9.47. The SMILES string of the molecule is CC.CC(C)n1nccc1C(=O)NC(C(=O)Nc1ccc2c(c1)CCC2c1cc(Cl)cnc1OCc1ccccc1)C(C1CC1)C1CC1. The summed E-state index contributed by atoms with van der Waals surface area (Å²) in [7, 11) is 0. The van der Waals surface area contributed by atoms with Crippen LogP contribution in [0, 0.1) is 17.8 Å². The van der Waals surface area contributed by atoms with Crippen molar-refractivity contribution in [3.05, 3.63) is 106 Å². The monoisotopic (exact) mass is 667 g/mol. The first-order valence-electron chi connectivity index (χ1n) is 17.5. The van der Waals surface area contributed by atoms with E-state index in [2.05, 4.69) is 32.8 Å². The number of amides is 2. The standard InChI is InChI=1S/C37H40ClN5O3.C2H6/c1-22(2)43-32(16-17-40-43)35(44)42-34(33(24-8-9-24)25-10-11-25)36(45)41-28-13-15-29-26(18-28)12-14-30(29)31-19-27(38)20-39-37(31)46-21-23-6-4-3-5-7-23;1-2/h3-7,13,15-20,22,24-25,30,33-34H,8-12,14,21H2,1-2H3,(H,41,45)(H,42,44);1-2H3. The Morgan fingerprint density at radius 1 is 0.958 bits per heavy atom. The van der Waals surface area contributed by atoms with Crippen molar-refractivity contribution in [2.24, 2.45) is 17.8 Å². The maximum Gasteiger partial charge on any atom is 0.270 e. The highest BCUT2D eigenvalue weighted by Crippen LogP contribution is 2.51. The number of carbonyl (C=O) groups is 2.